The summed E-state index contributed by atoms with van der Waals surface area (Å²) in [5, 5.41) is 0. The van der Waals surface area contributed by atoms with E-state index in [1.807, 2.05) is 0 Å². The van der Waals surface area contributed by atoms with Gasteiger partial charge in [-0.2, -0.15) is 0 Å². The van der Waals surface area contributed by atoms with Gasteiger partial charge in [-0.05, 0) is 111 Å². The number of rotatable bonds is 27. The fourth-order valence-electron chi connectivity index (χ4n) is 7.28. The van der Waals surface area contributed by atoms with Crippen molar-refractivity contribution in [1.29, 1.82) is 0 Å². The van der Waals surface area contributed by atoms with Crippen LogP contribution in [0.4, 0.5) is 17.1 Å². The molecule has 3 aliphatic heterocycles. The van der Waals surface area contributed by atoms with Crippen LogP contribution < -0.4 is 4.90 Å². The summed E-state index contributed by atoms with van der Waals surface area (Å²) < 4.78 is 16.0. The minimum absolute atomic E-state index is 0.587. The highest BCUT2D eigenvalue weighted by molar-refractivity contribution is 5.76. The maximum absolute atomic E-state index is 5.35. The number of epoxide rings is 3. The van der Waals surface area contributed by atoms with Gasteiger partial charge in [0, 0.05) is 17.1 Å². The Labute approximate surface area is 297 Å². The number of ether oxygens (including phenoxy) is 3. The minimum atomic E-state index is 0.587. The van der Waals surface area contributed by atoms with Gasteiger partial charge in [0.25, 0.3) is 0 Å². The fraction of sp³-hybridized carbons (Fsp3) is 0.600. The highest BCUT2D eigenvalue weighted by Gasteiger charge is 2.22. The van der Waals surface area contributed by atoms with Crippen LogP contribution in [-0.4, -0.2) is 38.1 Å². The molecule has 6 rings (SSSR count). The van der Waals surface area contributed by atoms with Crippen molar-refractivity contribution >= 4 is 17.1 Å². The highest BCUT2D eigenvalue weighted by Crippen LogP contribution is 2.35. The molecule has 3 atom stereocenters. The summed E-state index contributed by atoms with van der Waals surface area (Å²) in [6, 6.07) is 28.1. The van der Waals surface area contributed by atoms with Gasteiger partial charge in [0.2, 0.25) is 0 Å². The standard InChI is InChI=1S/C45H63NO3/c1(7-13-19-43-34-47-43)4-10-16-37-22-28-40(29-23-37)46(41-30-24-38(25-31-41)17-11-5-2-8-14-20-44-35-48-44)42-32-26-39(27-33-42)18-12-6-3-9-15-21-45-36-49-45/h22-33,43-45H,1-21,34-36H2. The molecule has 0 aromatic heterocycles. The van der Waals surface area contributed by atoms with Gasteiger partial charge >= 0.3 is 0 Å². The number of hydrogen-bond donors (Lipinski definition) is 0. The molecule has 4 heteroatoms. The number of benzene rings is 3. The molecule has 3 saturated heterocycles. The summed E-state index contributed by atoms with van der Waals surface area (Å²) in [5.41, 5.74) is 8.05. The largest absolute Gasteiger partial charge is 0.373 e. The van der Waals surface area contributed by atoms with E-state index in [0.717, 1.165) is 19.8 Å². The Morgan fingerprint density at radius 3 is 0.857 bits per heavy atom. The van der Waals surface area contributed by atoms with Crippen LogP contribution in [0, 0.1) is 0 Å². The quantitative estimate of drug-likeness (QED) is 0.0600. The molecule has 3 heterocycles. The van der Waals surface area contributed by atoms with Crippen LogP contribution in [0.2, 0.25) is 0 Å². The molecule has 3 aliphatic rings. The van der Waals surface area contributed by atoms with Crippen LogP contribution in [0.1, 0.15) is 132 Å². The van der Waals surface area contributed by atoms with Crippen LogP contribution in [0.3, 0.4) is 0 Å². The van der Waals surface area contributed by atoms with Crippen LogP contribution in [-0.2, 0) is 33.5 Å². The first-order valence-corrected chi connectivity index (χ1v) is 20.2. The van der Waals surface area contributed by atoms with E-state index in [1.165, 1.54) is 169 Å². The lowest BCUT2D eigenvalue weighted by Crippen LogP contribution is -2.10. The van der Waals surface area contributed by atoms with Gasteiger partial charge in [0.1, 0.15) is 0 Å². The first kappa shape index (κ1) is 36.1. The van der Waals surface area contributed by atoms with Crippen molar-refractivity contribution in [2.45, 2.75) is 153 Å². The van der Waals surface area contributed by atoms with E-state index in [1.54, 1.807) is 0 Å². The Bertz CT molecular complexity index is 1140. The molecule has 0 N–H and O–H groups in total. The van der Waals surface area contributed by atoms with Crippen LogP contribution in [0.25, 0.3) is 0 Å². The van der Waals surface area contributed by atoms with Crippen molar-refractivity contribution in [2.24, 2.45) is 0 Å². The second-order valence-electron chi connectivity index (χ2n) is 15.1. The van der Waals surface area contributed by atoms with Crippen molar-refractivity contribution in [3.05, 3.63) is 89.5 Å². The summed E-state index contributed by atoms with van der Waals surface area (Å²) in [7, 11) is 0. The number of anilines is 3. The molecule has 0 saturated carbocycles. The van der Waals surface area contributed by atoms with E-state index in [-0.39, 0.29) is 0 Å². The Hall–Kier alpha value is -2.66. The van der Waals surface area contributed by atoms with Crippen molar-refractivity contribution in [3.63, 3.8) is 0 Å². The molecule has 3 unspecified atom stereocenters. The molecule has 4 nitrogen and oxygen atoms in total. The average molecular weight is 666 g/mol. The Kier molecular flexibility index (Phi) is 14.9. The molecular formula is C45H63NO3. The lowest BCUT2D eigenvalue weighted by molar-refractivity contribution is 0.387. The van der Waals surface area contributed by atoms with E-state index >= 15 is 0 Å². The first-order chi connectivity index (χ1) is 24.3. The van der Waals surface area contributed by atoms with E-state index < -0.39 is 0 Å². The van der Waals surface area contributed by atoms with Gasteiger partial charge in [0.05, 0.1) is 38.1 Å². The second kappa shape index (κ2) is 20.3. The monoisotopic (exact) mass is 665 g/mol. The summed E-state index contributed by atoms with van der Waals surface area (Å²) >= 11 is 0. The van der Waals surface area contributed by atoms with Crippen molar-refractivity contribution in [2.75, 3.05) is 24.7 Å². The zero-order chi connectivity index (χ0) is 33.4. The lowest BCUT2D eigenvalue weighted by atomic mass is 10.0. The Morgan fingerprint density at radius 2 is 0.592 bits per heavy atom. The zero-order valence-corrected chi connectivity index (χ0v) is 30.3. The molecule has 0 radical (unpaired) electrons. The van der Waals surface area contributed by atoms with E-state index in [2.05, 4.69) is 77.7 Å². The second-order valence-corrected chi connectivity index (χ2v) is 15.1. The molecule has 0 aliphatic carbocycles. The molecule has 0 spiro atoms. The SMILES string of the molecule is c1cc(N(c2ccc(CCCCCCCC3CO3)cc2)c2ccc(CCCCCCCC3CO3)cc2)ccc1CCCCCCCC1CO1. The predicted octanol–water partition coefficient (Wildman–Crippen LogP) is 12.0. The van der Waals surface area contributed by atoms with E-state index in [0.29, 0.717) is 18.3 Å². The fourth-order valence-corrected chi connectivity index (χ4v) is 7.28. The topological polar surface area (TPSA) is 40.8 Å². The van der Waals surface area contributed by atoms with Gasteiger partial charge in [-0.3, -0.25) is 0 Å². The lowest BCUT2D eigenvalue weighted by Gasteiger charge is -2.26. The summed E-state index contributed by atoms with van der Waals surface area (Å²) in [5.74, 6) is 0. The normalized spacial score (nSPS) is 19.2. The minimum Gasteiger partial charge on any atom is -0.373 e. The first-order valence-electron chi connectivity index (χ1n) is 20.2. The van der Waals surface area contributed by atoms with Gasteiger partial charge < -0.3 is 19.1 Å². The molecule has 0 bridgehead atoms. The molecular weight excluding hydrogens is 602 g/mol. The third kappa shape index (κ3) is 13.9. The number of unbranched alkanes of at least 4 members (excludes halogenated alkanes) is 12. The molecule has 3 fully saturated rings. The van der Waals surface area contributed by atoms with Gasteiger partial charge in [-0.1, -0.05) is 113 Å². The smallest absolute Gasteiger partial charge is 0.0810 e. The van der Waals surface area contributed by atoms with Crippen LogP contribution in [0.15, 0.2) is 72.8 Å². The van der Waals surface area contributed by atoms with E-state index in [9.17, 15) is 0 Å². The maximum Gasteiger partial charge on any atom is 0.0810 e. The number of hydrogen-bond acceptors (Lipinski definition) is 4. The molecule has 3 aromatic carbocycles. The Morgan fingerprint density at radius 1 is 0.347 bits per heavy atom. The number of nitrogens with zero attached hydrogens (tertiary/aromatic N) is 1. The van der Waals surface area contributed by atoms with Crippen molar-refractivity contribution < 1.29 is 14.2 Å². The molecule has 0 amide bonds. The molecule has 3 aromatic rings. The summed E-state index contributed by atoms with van der Waals surface area (Å²) in [4.78, 5) is 2.44. The van der Waals surface area contributed by atoms with Crippen molar-refractivity contribution in [3.8, 4) is 0 Å². The average Bonchev–Trinajstić information content (AvgIpc) is 3.97. The third-order valence-corrected chi connectivity index (χ3v) is 10.8. The van der Waals surface area contributed by atoms with Gasteiger partial charge in [0.15, 0.2) is 0 Å². The molecule has 49 heavy (non-hydrogen) atoms. The maximum atomic E-state index is 5.35. The Balaban J connectivity index is 1.000. The summed E-state index contributed by atoms with van der Waals surface area (Å²) in [6.45, 7) is 3.00. The zero-order valence-electron chi connectivity index (χ0n) is 30.3. The third-order valence-electron chi connectivity index (χ3n) is 10.8. The van der Waals surface area contributed by atoms with Gasteiger partial charge in [-0.15, -0.1) is 0 Å². The van der Waals surface area contributed by atoms with E-state index in [4.69, 9.17) is 14.2 Å². The van der Waals surface area contributed by atoms with Crippen LogP contribution >= 0.6 is 0 Å². The molecule has 266 valence electrons. The number of aryl methyl sites for hydroxylation is 3. The summed E-state index contributed by atoms with van der Waals surface area (Å²) in [6.07, 6.45) is 28.9. The highest BCUT2D eigenvalue weighted by atomic mass is 16.6. The van der Waals surface area contributed by atoms with Crippen LogP contribution in [0.5, 0.6) is 0 Å². The van der Waals surface area contributed by atoms with Gasteiger partial charge in [-0.25, -0.2) is 0 Å². The van der Waals surface area contributed by atoms with Crippen molar-refractivity contribution in [1.82, 2.24) is 0 Å². The predicted molar refractivity (Wildman–Crippen MR) is 205 cm³/mol.